The molecule has 0 aliphatic rings. The van der Waals surface area contributed by atoms with Gasteiger partial charge in [0.2, 0.25) is 5.91 Å². The number of hydrogen-bond acceptors (Lipinski definition) is 3. The van der Waals surface area contributed by atoms with Crippen LogP contribution >= 0.6 is 0 Å². The summed E-state index contributed by atoms with van der Waals surface area (Å²) in [5.74, 6) is -0.817. The number of benzene rings is 1. The number of amides is 1. The number of rotatable bonds is 7. The molecule has 1 aromatic rings. The van der Waals surface area contributed by atoms with E-state index in [9.17, 15) is 9.59 Å². The summed E-state index contributed by atoms with van der Waals surface area (Å²) in [5.41, 5.74) is 7.39. The number of anilines is 1. The molecule has 0 heterocycles. The Balaban J connectivity index is 2.58. The first-order chi connectivity index (χ1) is 9.43. The highest BCUT2D eigenvalue weighted by Gasteiger charge is 2.17. The standard InChI is InChI=1S/C15H22N2O3/c1-3-17(9-8-15(19)20)14(18)10-11(2)12-4-6-13(16)7-5-12/h4-7,11H,3,8-10,16H2,1-2H3,(H,19,20). The van der Waals surface area contributed by atoms with Gasteiger partial charge in [0.15, 0.2) is 0 Å². The van der Waals surface area contributed by atoms with Crippen LogP contribution in [0.25, 0.3) is 0 Å². The maximum Gasteiger partial charge on any atom is 0.305 e. The smallest absolute Gasteiger partial charge is 0.305 e. The molecule has 20 heavy (non-hydrogen) atoms. The highest BCUT2D eigenvalue weighted by Crippen LogP contribution is 2.21. The Labute approximate surface area is 119 Å². The van der Waals surface area contributed by atoms with Crippen molar-refractivity contribution in [1.29, 1.82) is 0 Å². The van der Waals surface area contributed by atoms with Gasteiger partial charge in [-0.25, -0.2) is 0 Å². The van der Waals surface area contributed by atoms with Crippen molar-refractivity contribution in [1.82, 2.24) is 4.90 Å². The highest BCUT2D eigenvalue weighted by atomic mass is 16.4. The molecule has 0 aliphatic carbocycles. The zero-order chi connectivity index (χ0) is 15.1. The van der Waals surface area contributed by atoms with Crippen molar-refractivity contribution < 1.29 is 14.7 Å². The predicted octanol–water partition coefficient (Wildman–Crippen LogP) is 2.09. The highest BCUT2D eigenvalue weighted by molar-refractivity contribution is 5.77. The average Bonchev–Trinajstić information content (AvgIpc) is 2.39. The Bertz CT molecular complexity index is 457. The van der Waals surface area contributed by atoms with Crippen molar-refractivity contribution in [2.24, 2.45) is 0 Å². The molecule has 0 bridgehead atoms. The zero-order valence-corrected chi connectivity index (χ0v) is 12.0. The number of carbonyl (C=O) groups is 2. The van der Waals surface area contributed by atoms with Gasteiger partial charge in [-0.3, -0.25) is 9.59 Å². The van der Waals surface area contributed by atoms with Crippen molar-refractivity contribution in [3.05, 3.63) is 29.8 Å². The second-order valence-electron chi connectivity index (χ2n) is 4.89. The lowest BCUT2D eigenvalue weighted by Crippen LogP contribution is -2.33. The van der Waals surface area contributed by atoms with Gasteiger partial charge in [0.25, 0.3) is 0 Å². The summed E-state index contributed by atoms with van der Waals surface area (Å²) in [5, 5.41) is 8.68. The summed E-state index contributed by atoms with van der Waals surface area (Å²) in [6.45, 7) is 4.63. The quantitative estimate of drug-likeness (QED) is 0.748. The Morgan fingerprint density at radius 1 is 1.30 bits per heavy atom. The van der Waals surface area contributed by atoms with Crippen LogP contribution in [0.5, 0.6) is 0 Å². The molecule has 5 nitrogen and oxygen atoms in total. The lowest BCUT2D eigenvalue weighted by atomic mass is 9.97. The maximum absolute atomic E-state index is 12.1. The fraction of sp³-hybridized carbons (Fsp3) is 0.467. The molecule has 3 N–H and O–H groups in total. The van der Waals surface area contributed by atoms with Crippen molar-refractivity contribution in [2.45, 2.75) is 32.6 Å². The van der Waals surface area contributed by atoms with E-state index in [1.165, 1.54) is 0 Å². The molecule has 0 fully saturated rings. The van der Waals surface area contributed by atoms with Crippen molar-refractivity contribution in [3.63, 3.8) is 0 Å². The minimum atomic E-state index is -0.886. The Kier molecular flexibility index (Phi) is 6.03. The summed E-state index contributed by atoms with van der Waals surface area (Å²) in [4.78, 5) is 24.3. The monoisotopic (exact) mass is 278 g/mol. The van der Waals surface area contributed by atoms with Crippen LogP contribution in [-0.4, -0.2) is 35.0 Å². The van der Waals surface area contributed by atoms with Crippen molar-refractivity contribution >= 4 is 17.6 Å². The van der Waals surface area contributed by atoms with E-state index in [2.05, 4.69) is 0 Å². The maximum atomic E-state index is 12.1. The molecule has 0 aliphatic heterocycles. The minimum absolute atomic E-state index is 0.0157. The van der Waals surface area contributed by atoms with Crippen LogP contribution in [0, 0.1) is 0 Å². The van der Waals surface area contributed by atoms with E-state index >= 15 is 0 Å². The van der Waals surface area contributed by atoms with Gasteiger partial charge in [-0.1, -0.05) is 19.1 Å². The number of aliphatic carboxylic acids is 1. The average molecular weight is 278 g/mol. The van der Waals surface area contributed by atoms with E-state index in [0.717, 1.165) is 5.56 Å². The molecule has 1 atom stereocenters. The number of hydrogen-bond donors (Lipinski definition) is 2. The zero-order valence-electron chi connectivity index (χ0n) is 12.0. The van der Waals surface area contributed by atoms with Gasteiger partial charge in [-0.15, -0.1) is 0 Å². The molecule has 0 saturated heterocycles. The predicted molar refractivity (Wildman–Crippen MR) is 78.4 cm³/mol. The fourth-order valence-corrected chi connectivity index (χ4v) is 2.02. The van der Waals surface area contributed by atoms with E-state index in [0.29, 0.717) is 18.7 Å². The number of carboxylic acid groups (broad SMARTS) is 1. The lowest BCUT2D eigenvalue weighted by molar-refractivity contribution is -0.138. The topological polar surface area (TPSA) is 83.6 Å². The number of nitrogens with two attached hydrogens (primary N) is 1. The Hall–Kier alpha value is -2.04. The summed E-state index contributed by atoms with van der Waals surface area (Å²) >= 11 is 0. The largest absolute Gasteiger partial charge is 0.481 e. The van der Waals surface area contributed by atoms with Gasteiger partial charge in [0, 0.05) is 25.2 Å². The van der Waals surface area contributed by atoms with E-state index in [-0.39, 0.29) is 24.8 Å². The third kappa shape index (κ3) is 4.91. The van der Waals surface area contributed by atoms with Crippen LogP contribution in [0.1, 0.15) is 38.2 Å². The number of carboxylic acids is 1. The number of carbonyl (C=O) groups excluding carboxylic acids is 1. The number of nitrogen functional groups attached to an aromatic ring is 1. The van der Waals surface area contributed by atoms with Gasteiger partial charge in [0.05, 0.1) is 6.42 Å². The summed E-state index contributed by atoms with van der Waals surface area (Å²) < 4.78 is 0. The first-order valence-corrected chi connectivity index (χ1v) is 6.79. The van der Waals surface area contributed by atoms with E-state index < -0.39 is 5.97 Å². The Morgan fingerprint density at radius 2 is 1.90 bits per heavy atom. The second kappa shape index (κ2) is 7.53. The van der Waals surface area contributed by atoms with Crippen LogP contribution in [-0.2, 0) is 9.59 Å². The normalized spacial score (nSPS) is 11.9. The van der Waals surface area contributed by atoms with E-state index in [1.54, 1.807) is 4.90 Å². The molecule has 1 aromatic carbocycles. The van der Waals surface area contributed by atoms with Gasteiger partial charge >= 0.3 is 5.97 Å². The molecule has 1 rings (SSSR count). The first-order valence-electron chi connectivity index (χ1n) is 6.79. The van der Waals surface area contributed by atoms with Crippen LogP contribution < -0.4 is 5.73 Å². The van der Waals surface area contributed by atoms with Gasteiger partial charge in [-0.2, -0.15) is 0 Å². The van der Waals surface area contributed by atoms with E-state index in [4.69, 9.17) is 10.8 Å². The van der Waals surface area contributed by atoms with Crippen LogP contribution in [0.3, 0.4) is 0 Å². The van der Waals surface area contributed by atoms with Gasteiger partial charge in [-0.05, 0) is 30.5 Å². The fourth-order valence-electron chi connectivity index (χ4n) is 2.02. The molecule has 0 aromatic heterocycles. The SMILES string of the molecule is CCN(CCC(=O)O)C(=O)CC(C)c1ccc(N)cc1. The molecule has 1 amide bonds. The molecular formula is C15H22N2O3. The van der Waals surface area contributed by atoms with Crippen LogP contribution in [0.4, 0.5) is 5.69 Å². The molecule has 0 radical (unpaired) electrons. The lowest BCUT2D eigenvalue weighted by Gasteiger charge is -2.22. The molecule has 0 spiro atoms. The summed E-state index contributed by atoms with van der Waals surface area (Å²) in [7, 11) is 0. The van der Waals surface area contributed by atoms with Crippen molar-refractivity contribution in [2.75, 3.05) is 18.8 Å². The first kappa shape index (κ1) is 16.0. The van der Waals surface area contributed by atoms with Crippen LogP contribution in [0.15, 0.2) is 24.3 Å². The Morgan fingerprint density at radius 3 is 2.40 bits per heavy atom. The summed E-state index contributed by atoms with van der Waals surface area (Å²) in [6.07, 6.45) is 0.354. The second-order valence-corrected chi connectivity index (χ2v) is 4.89. The molecule has 0 saturated carbocycles. The molecule has 5 heteroatoms. The molecular weight excluding hydrogens is 256 g/mol. The molecule has 1 unspecified atom stereocenters. The third-order valence-electron chi connectivity index (χ3n) is 3.32. The van der Waals surface area contributed by atoms with Crippen LogP contribution in [0.2, 0.25) is 0 Å². The van der Waals surface area contributed by atoms with E-state index in [1.807, 2.05) is 38.1 Å². The molecule has 110 valence electrons. The van der Waals surface area contributed by atoms with Gasteiger partial charge in [0.1, 0.15) is 0 Å². The minimum Gasteiger partial charge on any atom is -0.481 e. The third-order valence-corrected chi connectivity index (χ3v) is 3.32. The number of nitrogens with zero attached hydrogens (tertiary/aromatic N) is 1. The van der Waals surface area contributed by atoms with Crippen molar-refractivity contribution in [3.8, 4) is 0 Å². The van der Waals surface area contributed by atoms with Gasteiger partial charge < -0.3 is 15.7 Å². The summed E-state index contributed by atoms with van der Waals surface area (Å²) in [6, 6.07) is 7.47.